The van der Waals surface area contributed by atoms with E-state index < -0.39 is 24.2 Å². The van der Waals surface area contributed by atoms with Crippen LogP contribution in [0.15, 0.2) is 30.3 Å². The Bertz CT molecular complexity index is 471. The molecule has 0 saturated carbocycles. The molecule has 0 N–H and O–H groups in total. The molecule has 20 heavy (non-hydrogen) atoms. The summed E-state index contributed by atoms with van der Waals surface area (Å²) in [5.41, 5.74) is 0.752. The second kappa shape index (κ2) is 6.51. The molecule has 0 aliphatic rings. The summed E-state index contributed by atoms with van der Waals surface area (Å²) in [4.78, 5) is 23.7. The first-order valence-corrected chi connectivity index (χ1v) is 5.75. The number of ether oxygens (including phenoxy) is 1. The summed E-state index contributed by atoms with van der Waals surface area (Å²) in [5.74, 6) is -3.72. The molecule has 110 valence electrons. The standard InChI is InChI=1S/C13H14F3NO3/c1-17(2)10(8-9-6-4-3-5-7-9)11(18)20-12(19)13(14,15)16/h3-7,10H,8H2,1-2H3/t10-/m1/s1. The first-order valence-electron chi connectivity index (χ1n) is 5.75. The predicted molar refractivity (Wildman–Crippen MR) is 64.8 cm³/mol. The number of carbonyl (C=O) groups excluding carboxylic acids is 2. The van der Waals surface area contributed by atoms with E-state index in [1.807, 2.05) is 0 Å². The zero-order valence-electron chi connectivity index (χ0n) is 11.0. The van der Waals surface area contributed by atoms with Gasteiger partial charge in [-0.2, -0.15) is 13.2 Å². The van der Waals surface area contributed by atoms with Crippen LogP contribution in [0.3, 0.4) is 0 Å². The van der Waals surface area contributed by atoms with Crippen LogP contribution >= 0.6 is 0 Å². The maximum absolute atomic E-state index is 12.1. The van der Waals surface area contributed by atoms with Crippen LogP contribution in [0, 0.1) is 0 Å². The zero-order chi connectivity index (χ0) is 15.3. The van der Waals surface area contributed by atoms with Gasteiger partial charge in [-0.15, -0.1) is 0 Å². The van der Waals surface area contributed by atoms with Gasteiger partial charge in [0.05, 0.1) is 0 Å². The van der Waals surface area contributed by atoms with Gasteiger partial charge in [-0.05, 0) is 26.1 Å². The van der Waals surface area contributed by atoms with Gasteiger partial charge in [0.15, 0.2) is 0 Å². The van der Waals surface area contributed by atoms with E-state index >= 15 is 0 Å². The first kappa shape index (κ1) is 16.2. The van der Waals surface area contributed by atoms with E-state index in [0.29, 0.717) is 0 Å². The second-order valence-corrected chi connectivity index (χ2v) is 4.38. The van der Waals surface area contributed by atoms with E-state index in [0.717, 1.165) is 5.56 Å². The van der Waals surface area contributed by atoms with Crippen molar-refractivity contribution < 1.29 is 27.5 Å². The molecule has 0 fully saturated rings. The lowest BCUT2D eigenvalue weighted by atomic mass is 10.1. The van der Waals surface area contributed by atoms with Crippen molar-refractivity contribution in [3.8, 4) is 0 Å². The van der Waals surface area contributed by atoms with Crippen LogP contribution in [0.1, 0.15) is 5.56 Å². The fourth-order valence-electron chi connectivity index (χ4n) is 1.53. The van der Waals surface area contributed by atoms with Crippen molar-refractivity contribution in [2.45, 2.75) is 18.6 Å². The van der Waals surface area contributed by atoms with Crippen molar-refractivity contribution in [2.24, 2.45) is 0 Å². The zero-order valence-corrected chi connectivity index (χ0v) is 11.0. The minimum Gasteiger partial charge on any atom is -0.385 e. The Morgan fingerprint density at radius 2 is 1.75 bits per heavy atom. The molecule has 0 radical (unpaired) electrons. The number of likely N-dealkylation sites (N-methyl/N-ethyl adjacent to an activating group) is 1. The number of benzene rings is 1. The molecular formula is C13H14F3NO3. The lowest BCUT2D eigenvalue weighted by molar-refractivity contribution is -0.203. The predicted octanol–water partition coefficient (Wildman–Crippen LogP) is 1.79. The van der Waals surface area contributed by atoms with Gasteiger partial charge in [0.25, 0.3) is 0 Å². The summed E-state index contributed by atoms with van der Waals surface area (Å²) in [7, 11) is 3.04. The van der Waals surface area contributed by atoms with Crippen molar-refractivity contribution in [2.75, 3.05) is 14.1 Å². The number of esters is 2. The minimum absolute atomic E-state index is 0.151. The molecule has 0 bridgehead atoms. The summed E-state index contributed by atoms with van der Waals surface area (Å²) < 4.78 is 40.0. The maximum Gasteiger partial charge on any atom is 0.491 e. The Morgan fingerprint density at radius 3 is 2.20 bits per heavy atom. The Morgan fingerprint density at radius 1 is 1.20 bits per heavy atom. The van der Waals surface area contributed by atoms with E-state index in [1.165, 1.54) is 19.0 Å². The summed E-state index contributed by atoms with van der Waals surface area (Å²) in [5, 5.41) is 0. The average Bonchev–Trinajstić information content (AvgIpc) is 2.35. The van der Waals surface area contributed by atoms with E-state index in [1.54, 1.807) is 30.3 Å². The Hall–Kier alpha value is -1.89. The smallest absolute Gasteiger partial charge is 0.385 e. The van der Waals surface area contributed by atoms with Crippen LogP contribution in [0.2, 0.25) is 0 Å². The topological polar surface area (TPSA) is 46.6 Å². The third-order valence-corrected chi connectivity index (χ3v) is 2.59. The molecule has 0 aliphatic carbocycles. The molecule has 7 heteroatoms. The average molecular weight is 289 g/mol. The van der Waals surface area contributed by atoms with Crippen LogP contribution < -0.4 is 0 Å². The molecule has 0 spiro atoms. The van der Waals surface area contributed by atoms with E-state index in [9.17, 15) is 22.8 Å². The number of rotatable bonds is 4. The highest BCUT2D eigenvalue weighted by Gasteiger charge is 2.43. The molecule has 0 aromatic heterocycles. The molecule has 0 amide bonds. The number of carbonyl (C=O) groups is 2. The van der Waals surface area contributed by atoms with Crippen molar-refractivity contribution in [3.63, 3.8) is 0 Å². The number of halogens is 3. The highest BCUT2D eigenvalue weighted by molar-refractivity contribution is 5.91. The molecule has 0 aliphatic heterocycles. The molecule has 0 unspecified atom stereocenters. The minimum atomic E-state index is -5.18. The fraction of sp³-hybridized carbons (Fsp3) is 0.385. The normalized spacial score (nSPS) is 13.1. The van der Waals surface area contributed by atoms with Crippen molar-refractivity contribution >= 4 is 11.9 Å². The van der Waals surface area contributed by atoms with Gasteiger partial charge in [0.2, 0.25) is 0 Å². The van der Waals surface area contributed by atoms with Crippen LogP contribution in [0.25, 0.3) is 0 Å². The van der Waals surface area contributed by atoms with Crippen LogP contribution in [-0.2, 0) is 20.7 Å². The SMILES string of the molecule is CN(C)[C@H](Cc1ccccc1)C(=O)OC(=O)C(F)(F)F. The lowest BCUT2D eigenvalue weighted by Gasteiger charge is -2.22. The summed E-state index contributed by atoms with van der Waals surface area (Å²) in [6.07, 6.45) is -5.03. The lowest BCUT2D eigenvalue weighted by Crippen LogP contribution is -2.41. The molecule has 0 heterocycles. The Balaban J connectivity index is 2.77. The van der Waals surface area contributed by atoms with Crippen molar-refractivity contribution in [1.29, 1.82) is 0 Å². The van der Waals surface area contributed by atoms with Gasteiger partial charge in [0.1, 0.15) is 6.04 Å². The maximum atomic E-state index is 12.1. The largest absolute Gasteiger partial charge is 0.491 e. The third-order valence-electron chi connectivity index (χ3n) is 2.59. The molecule has 1 atom stereocenters. The second-order valence-electron chi connectivity index (χ2n) is 4.38. The van der Waals surface area contributed by atoms with Gasteiger partial charge in [-0.1, -0.05) is 30.3 Å². The summed E-state index contributed by atoms with van der Waals surface area (Å²) in [6.45, 7) is 0. The molecule has 4 nitrogen and oxygen atoms in total. The highest BCUT2D eigenvalue weighted by atomic mass is 19.4. The number of hydrogen-bond donors (Lipinski definition) is 0. The van der Waals surface area contributed by atoms with Crippen LogP contribution in [-0.4, -0.2) is 43.2 Å². The molecule has 1 aromatic rings. The summed E-state index contributed by atoms with van der Waals surface area (Å²) in [6, 6.07) is 7.76. The quantitative estimate of drug-likeness (QED) is 0.626. The fourth-order valence-corrected chi connectivity index (χ4v) is 1.53. The molecule has 1 aromatic carbocycles. The van der Waals surface area contributed by atoms with Gasteiger partial charge < -0.3 is 4.74 Å². The monoisotopic (exact) mass is 289 g/mol. The van der Waals surface area contributed by atoms with Gasteiger partial charge in [-0.3, -0.25) is 4.90 Å². The highest BCUT2D eigenvalue weighted by Crippen LogP contribution is 2.18. The van der Waals surface area contributed by atoms with E-state index in [-0.39, 0.29) is 6.42 Å². The molecule has 0 saturated heterocycles. The Kier molecular flexibility index (Phi) is 5.26. The number of alkyl halides is 3. The van der Waals surface area contributed by atoms with Crippen molar-refractivity contribution in [3.05, 3.63) is 35.9 Å². The van der Waals surface area contributed by atoms with Gasteiger partial charge in [-0.25, -0.2) is 9.59 Å². The molecule has 1 rings (SSSR count). The molecular weight excluding hydrogens is 275 g/mol. The Labute approximate surface area is 114 Å². The third kappa shape index (κ3) is 4.65. The first-order chi connectivity index (χ1) is 9.21. The summed E-state index contributed by atoms with van der Waals surface area (Å²) >= 11 is 0. The van der Waals surface area contributed by atoms with Gasteiger partial charge >= 0.3 is 18.1 Å². The number of hydrogen-bond acceptors (Lipinski definition) is 4. The van der Waals surface area contributed by atoms with Gasteiger partial charge in [0, 0.05) is 0 Å². The van der Waals surface area contributed by atoms with E-state index in [2.05, 4.69) is 4.74 Å². The number of nitrogens with zero attached hydrogens (tertiary/aromatic N) is 1. The van der Waals surface area contributed by atoms with Crippen molar-refractivity contribution in [1.82, 2.24) is 4.90 Å². The van der Waals surface area contributed by atoms with Crippen LogP contribution in [0.5, 0.6) is 0 Å². The van der Waals surface area contributed by atoms with E-state index in [4.69, 9.17) is 0 Å². The van der Waals surface area contributed by atoms with Crippen LogP contribution in [0.4, 0.5) is 13.2 Å².